The van der Waals surface area contributed by atoms with Gasteiger partial charge in [0.15, 0.2) is 0 Å². The predicted octanol–water partition coefficient (Wildman–Crippen LogP) is 2.50. The molecule has 3 nitrogen and oxygen atoms in total. The van der Waals surface area contributed by atoms with Crippen LogP contribution < -0.4 is 5.73 Å². The van der Waals surface area contributed by atoms with Crippen LogP contribution in [0.25, 0.3) is 11.1 Å². The molecule has 2 aromatic rings. The lowest BCUT2D eigenvalue weighted by Crippen LogP contribution is -2.12. The molecular weight excluding hydrogens is 224 g/mol. The van der Waals surface area contributed by atoms with Gasteiger partial charge in [0.2, 0.25) is 0 Å². The SMILES string of the molecule is NC(=O)c1cc(-c2ccccc2)c(Cl)cn1. The Labute approximate surface area is 97.9 Å². The fourth-order valence-electron chi connectivity index (χ4n) is 1.41. The van der Waals surface area contributed by atoms with Gasteiger partial charge in [0.05, 0.1) is 5.02 Å². The van der Waals surface area contributed by atoms with E-state index in [4.69, 9.17) is 17.3 Å². The summed E-state index contributed by atoms with van der Waals surface area (Å²) in [5.74, 6) is -0.561. The molecule has 0 spiro atoms. The molecular formula is C12H9ClN2O. The number of primary amides is 1. The topological polar surface area (TPSA) is 56.0 Å². The summed E-state index contributed by atoms with van der Waals surface area (Å²) in [4.78, 5) is 14.9. The van der Waals surface area contributed by atoms with Crippen molar-refractivity contribution in [3.8, 4) is 11.1 Å². The van der Waals surface area contributed by atoms with E-state index in [1.165, 1.54) is 6.20 Å². The molecule has 2 rings (SSSR count). The largest absolute Gasteiger partial charge is 0.364 e. The Morgan fingerprint density at radius 3 is 2.56 bits per heavy atom. The number of carbonyl (C=O) groups excluding carboxylic acids is 1. The van der Waals surface area contributed by atoms with Crippen LogP contribution in [0.3, 0.4) is 0 Å². The first-order valence-electron chi connectivity index (χ1n) is 4.69. The number of hydrogen-bond acceptors (Lipinski definition) is 2. The van der Waals surface area contributed by atoms with Crippen LogP contribution in [0, 0.1) is 0 Å². The van der Waals surface area contributed by atoms with Gasteiger partial charge in [0, 0.05) is 11.8 Å². The third kappa shape index (κ3) is 2.04. The zero-order valence-electron chi connectivity index (χ0n) is 8.35. The van der Waals surface area contributed by atoms with Gasteiger partial charge in [-0.3, -0.25) is 4.79 Å². The second kappa shape index (κ2) is 4.33. The maximum absolute atomic E-state index is 11.0. The van der Waals surface area contributed by atoms with Gasteiger partial charge in [-0.15, -0.1) is 0 Å². The minimum absolute atomic E-state index is 0.211. The Balaban J connectivity index is 2.56. The van der Waals surface area contributed by atoms with Gasteiger partial charge in [-0.1, -0.05) is 41.9 Å². The van der Waals surface area contributed by atoms with E-state index in [0.29, 0.717) is 5.02 Å². The lowest BCUT2D eigenvalue weighted by Gasteiger charge is -2.05. The number of aromatic nitrogens is 1. The Morgan fingerprint density at radius 1 is 1.25 bits per heavy atom. The molecule has 2 N–H and O–H groups in total. The first-order valence-corrected chi connectivity index (χ1v) is 5.07. The Hall–Kier alpha value is -1.87. The molecule has 1 amide bonds. The molecule has 0 unspecified atom stereocenters. The van der Waals surface area contributed by atoms with E-state index in [9.17, 15) is 4.79 Å². The molecule has 0 fully saturated rings. The summed E-state index contributed by atoms with van der Waals surface area (Å²) in [6, 6.07) is 11.1. The monoisotopic (exact) mass is 232 g/mol. The highest BCUT2D eigenvalue weighted by atomic mass is 35.5. The number of nitrogens with zero attached hydrogens (tertiary/aromatic N) is 1. The third-order valence-corrected chi connectivity index (χ3v) is 2.49. The molecule has 0 saturated heterocycles. The lowest BCUT2D eigenvalue weighted by molar-refractivity contribution is 0.0995. The van der Waals surface area contributed by atoms with E-state index in [1.54, 1.807) is 6.07 Å². The van der Waals surface area contributed by atoms with Crippen molar-refractivity contribution >= 4 is 17.5 Å². The zero-order valence-corrected chi connectivity index (χ0v) is 9.11. The summed E-state index contributed by atoms with van der Waals surface area (Å²) >= 11 is 6.02. The van der Waals surface area contributed by atoms with Crippen LogP contribution in [0.2, 0.25) is 5.02 Å². The fourth-order valence-corrected chi connectivity index (χ4v) is 1.62. The molecule has 0 radical (unpaired) electrons. The summed E-state index contributed by atoms with van der Waals surface area (Å²) in [6.45, 7) is 0. The van der Waals surface area contributed by atoms with Crippen LogP contribution in [0.1, 0.15) is 10.5 Å². The van der Waals surface area contributed by atoms with Gasteiger partial charge in [0.25, 0.3) is 5.91 Å². The van der Waals surface area contributed by atoms with Crippen LogP contribution in [0.4, 0.5) is 0 Å². The number of amides is 1. The number of benzene rings is 1. The van der Waals surface area contributed by atoms with Crippen LogP contribution in [-0.2, 0) is 0 Å². The van der Waals surface area contributed by atoms with Gasteiger partial charge >= 0.3 is 0 Å². The first kappa shape index (κ1) is 10.6. The van der Waals surface area contributed by atoms with Gasteiger partial charge in [-0.25, -0.2) is 4.98 Å². The molecule has 0 saturated carbocycles. The van der Waals surface area contributed by atoms with E-state index in [1.807, 2.05) is 30.3 Å². The highest BCUT2D eigenvalue weighted by molar-refractivity contribution is 6.33. The standard InChI is InChI=1S/C12H9ClN2O/c13-10-7-15-11(12(14)16)6-9(10)8-4-2-1-3-5-8/h1-7H,(H2,14,16). The highest BCUT2D eigenvalue weighted by Gasteiger charge is 2.08. The quantitative estimate of drug-likeness (QED) is 0.865. The second-order valence-corrected chi connectivity index (χ2v) is 3.69. The van der Waals surface area contributed by atoms with E-state index in [0.717, 1.165) is 11.1 Å². The van der Waals surface area contributed by atoms with Crippen LogP contribution >= 0.6 is 11.6 Å². The van der Waals surface area contributed by atoms with Gasteiger partial charge in [-0.2, -0.15) is 0 Å². The van der Waals surface area contributed by atoms with Crippen molar-refractivity contribution in [1.82, 2.24) is 4.98 Å². The number of carbonyl (C=O) groups is 1. The van der Waals surface area contributed by atoms with E-state index < -0.39 is 5.91 Å². The molecule has 0 aliphatic carbocycles. The maximum Gasteiger partial charge on any atom is 0.267 e. The summed E-state index contributed by atoms with van der Waals surface area (Å²) in [6.07, 6.45) is 1.43. The minimum Gasteiger partial charge on any atom is -0.364 e. The molecule has 0 bridgehead atoms. The van der Waals surface area contributed by atoms with Crippen molar-refractivity contribution in [3.05, 3.63) is 53.3 Å². The number of halogens is 1. The van der Waals surface area contributed by atoms with Gasteiger partial charge in [0.1, 0.15) is 5.69 Å². The van der Waals surface area contributed by atoms with E-state index in [-0.39, 0.29) is 5.69 Å². The van der Waals surface area contributed by atoms with Crippen LogP contribution in [-0.4, -0.2) is 10.9 Å². The summed E-state index contributed by atoms with van der Waals surface area (Å²) in [7, 11) is 0. The smallest absolute Gasteiger partial charge is 0.267 e. The summed E-state index contributed by atoms with van der Waals surface area (Å²) in [5, 5.41) is 0.496. The van der Waals surface area contributed by atoms with Crippen molar-refractivity contribution in [1.29, 1.82) is 0 Å². The molecule has 4 heteroatoms. The minimum atomic E-state index is -0.561. The first-order chi connectivity index (χ1) is 7.68. The number of nitrogens with two attached hydrogens (primary N) is 1. The Bertz CT molecular complexity index is 526. The van der Waals surface area contributed by atoms with Gasteiger partial charge in [-0.05, 0) is 11.6 Å². The number of hydrogen-bond donors (Lipinski definition) is 1. The Kier molecular flexibility index (Phi) is 2.88. The summed E-state index contributed by atoms with van der Waals surface area (Å²) in [5.41, 5.74) is 7.06. The number of pyridine rings is 1. The highest BCUT2D eigenvalue weighted by Crippen LogP contribution is 2.27. The molecule has 1 heterocycles. The summed E-state index contributed by atoms with van der Waals surface area (Å²) < 4.78 is 0. The predicted molar refractivity (Wildman–Crippen MR) is 63.2 cm³/mol. The second-order valence-electron chi connectivity index (χ2n) is 3.28. The normalized spacial score (nSPS) is 10.1. The van der Waals surface area contributed by atoms with E-state index in [2.05, 4.69) is 4.98 Å². The van der Waals surface area contributed by atoms with Crippen molar-refractivity contribution in [2.45, 2.75) is 0 Å². The van der Waals surface area contributed by atoms with Crippen LogP contribution in [0.15, 0.2) is 42.6 Å². The van der Waals surface area contributed by atoms with E-state index >= 15 is 0 Å². The van der Waals surface area contributed by atoms with Crippen molar-refractivity contribution in [2.75, 3.05) is 0 Å². The molecule has 0 aliphatic heterocycles. The van der Waals surface area contributed by atoms with Crippen LogP contribution in [0.5, 0.6) is 0 Å². The fraction of sp³-hybridized carbons (Fsp3) is 0. The molecule has 0 atom stereocenters. The molecule has 16 heavy (non-hydrogen) atoms. The average molecular weight is 233 g/mol. The average Bonchev–Trinajstić information content (AvgIpc) is 2.30. The molecule has 1 aromatic heterocycles. The molecule has 80 valence electrons. The maximum atomic E-state index is 11.0. The Morgan fingerprint density at radius 2 is 1.94 bits per heavy atom. The van der Waals surface area contributed by atoms with Crippen molar-refractivity contribution in [3.63, 3.8) is 0 Å². The molecule has 1 aromatic carbocycles. The zero-order chi connectivity index (χ0) is 11.5. The third-order valence-electron chi connectivity index (χ3n) is 2.19. The van der Waals surface area contributed by atoms with Gasteiger partial charge < -0.3 is 5.73 Å². The molecule has 0 aliphatic rings. The van der Waals surface area contributed by atoms with Crippen molar-refractivity contribution < 1.29 is 4.79 Å². The number of rotatable bonds is 2. The van der Waals surface area contributed by atoms with Crippen molar-refractivity contribution in [2.24, 2.45) is 5.73 Å². The lowest BCUT2D eigenvalue weighted by atomic mass is 10.1.